The molecule has 0 radical (unpaired) electrons. The van der Waals surface area contributed by atoms with Crippen LogP contribution in [0.5, 0.6) is 0 Å². The van der Waals surface area contributed by atoms with Crippen molar-refractivity contribution in [2.75, 3.05) is 5.32 Å². The molecule has 0 saturated carbocycles. The summed E-state index contributed by atoms with van der Waals surface area (Å²) in [6.45, 7) is 0. The van der Waals surface area contributed by atoms with Gasteiger partial charge < -0.3 is 5.32 Å². The van der Waals surface area contributed by atoms with E-state index in [1.54, 1.807) is 29.7 Å². The number of carbonyl (C=O) groups excluding carboxylic acids is 2. The van der Waals surface area contributed by atoms with E-state index in [4.69, 9.17) is 16.8 Å². The molecule has 0 heterocycles. The van der Waals surface area contributed by atoms with E-state index in [1.165, 1.54) is 0 Å². The van der Waals surface area contributed by atoms with Gasteiger partial charge in [-0.25, -0.2) is 5.48 Å². The van der Waals surface area contributed by atoms with Crippen molar-refractivity contribution in [2.45, 2.75) is 25.7 Å². The molecule has 0 aliphatic carbocycles. The normalized spacial score (nSPS) is 9.89. The maximum absolute atomic E-state index is 11.5. The molecule has 2 amide bonds. The number of hydrogen-bond acceptors (Lipinski definition) is 3. The highest BCUT2D eigenvalue weighted by atomic mass is 35.5. The second-order valence-corrected chi connectivity index (χ2v) is 4.23. The summed E-state index contributed by atoms with van der Waals surface area (Å²) in [4.78, 5) is 22.2. The van der Waals surface area contributed by atoms with Crippen LogP contribution in [0.3, 0.4) is 0 Å². The van der Waals surface area contributed by atoms with Gasteiger partial charge in [0, 0.05) is 23.6 Å². The Morgan fingerprint density at radius 2 is 1.61 bits per heavy atom. The molecule has 0 atom stereocenters. The minimum Gasteiger partial charge on any atom is -0.326 e. The van der Waals surface area contributed by atoms with Crippen molar-refractivity contribution >= 4 is 29.1 Å². The Bertz CT molecular complexity index is 406. The minimum atomic E-state index is -0.437. The fourth-order valence-electron chi connectivity index (χ4n) is 1.38. The fraction of sp³-hybridized carbons (Fsp3) is 0.333. The standard InChI is InChI=1S/C12H15ClN2O3/c13-9-5-7-10(8-6-9)14-11(16)3-1-2-4-12(17)15-18/h5-8,18H,1-4H2,(H,14,16)(H,15,17). The minimum absolute atomic E-state index is 0.110. The highest BCUT2D eigenvalue weighted by Crippen LogP contribution is 2.13. The SMILES string of the molecule is O=C(CCCCC(=O)Nc1ccc(Cl)cc1)NO. The quantitative estimate of drug-likeness (QED) is 0.422. The first-order chi connectivity index (χ1) is 8.61. The molecule has 6 heteroatoms. The molecule has 1 aromatic rings. The number of halogens is 1. The smallest absolute Gasteiger partial charge is 0.243 e. The molecule has 18 heavy (non-hydrogen) atoms. The van der Waals surface area contributed by atoms with Gasteiger partial charge in [-0.2, -0.15) is 0 Å². The monoisotopic (exact) mass is 270 g/mol. The molecule has 0 fully saturated rings. The summed E-state index contributed by atoms with van der Waals surface area (Å²) < 4.78 is 0. The van der Waals surface area contributed by atoms with Crippen LogP contribution >= 0.6 is 11.6 Å². The lowest BCUT2D eigenvalue weighted by atomic mass is 10.2. The Labute approximate surface area is 110 Å². The number of anilines is 1. The predicted octanol–water partition coefficient (Wildman–Crippen LogP) is 2.34. The van der Waals surface area contributed by atoms with Crippen molar-refractivity contribution in [3.8, 4) is 0 Å². The molecule has 3 N–H and O–H groups in total. The second-order valence-electron chi connectivity index (χ2n) is 3.80. The van der Waals surface area contributed by atoms with Gasteiger partial charge in [-0.1, -0.05) is 11.6 Å². The third-order valence-electron chi connectivity index (χ3n) is 2.31. The molecule has 1 aromatic carbocycles. The molecule has 5 nitrogen and oxygen atoms in total. The van der Waals surface area contributed by atoms with Gasteiger partial charge in [0.25, 0.3) is 0 Å². The number of benzene rings is 1. The zero-order valence-corrected chi connectivity index (χ0v) is 10.5. The highest BCUT2D eigenvalue weighted by Gasteiger charge is 2.04. The van der Waals surface area contributed by atoms with Gasteiger partial charge >= 0.3 is 0 Å². The van der Waals surface area contributed by atoms with E-state index in [2.05, 4.69) is 5.32 Å². The lowest BCUT2D eigenvalue weighted by molar-refractivity contribution is -0.129. The zero-order chi connectivity index (χ0) is 13.4. The number of rotatable bonds is 6. The Balaban J connectivity index is 2.21. The van der Waals surface area contributed by atoms with Crippen molar-refractivity contribution in [1.82, 2.24) is 5.48 Å². The third kappa shape index (κ3) is 5.65. The second kappa shape index (κ2) is 7.68. The summed E-state index contributed by atoms with van der Waals surface area (Å²) >= 11 is 5.72. The maximum atomic E-state index is 11.5. The first-order valence-corrected chi connectivity index (χ1v) is 5.98. The van der Waals surface area contributed by atoms with E-state index in [1.807, 2.05) is 0 Å². The van der Waals surface area contributed by atoms with Crippen LogP contribution in [0, 0.1) is 0 Å². The molecule has 0 aromatic heterocycles. The Morgan fingerprint density at radius 3 is 2.17 bits per heavy atom. The number of hydroxylamine groups is 1. The Hall–Kier alpha value is -1.59. The van der Waals surface area contributed by atoms with Crippen molar-refractivity contribution in [1.29, 1.82) is 0 Å². The van der Waals surface area contributed by atoms with E-state index in [0.717, 1.165) is 0 Å². The van der Waals surface area contributed by atoms with Crippen molar-refractivity contribution in [3.05, 3.63) is 29.3 Å². The largest absolute Gasteiger partial charge is 0.326 e. The summed E-state index contributed by atoms with van der Waals surface area (Å²) in [5, 5.41) is 11.6. The molecular formula is C12H15ClN2O3. The molecule has 0 unspecified atom stereocenters. The van der Waals surface area contributed by atoms with Crippen molar-refractivity contribution in [2.24, 2.45) is 0 Å². The van der Waals surface area contributed by atoms with E-state index >= 15 is 0 Å². The van der Waals surface area contributed by atoms with Crippen LogP contribution < -0.4 is 10.8 Å². The molecule has 98 valence electrons. The fourth-order valence-corrected chi connectivity index (χ4v) is 1.51. The Kier molecular flexibility index (Phi) is 6.18. The average Bonchev–Trinajstić information content (AvgIpc) is 2.37. The summed E-state index contributed by atoms with van der Waals surface area (Å²) in [6.07, 6.45) is 1.69. The first-order valence-electron chi connectivity index (χ1n) is 5.60. The summed E-state index contributed by atoms with van der Waals surface area (Å²) in [5.74, 6) is -0.546. The molecule has 1 rings (SSSR count). The van der Waals surface area contributed by atoms with Crippen LogP contribution in [0.15, 0.2) is 24.3 Å². The van der Waals surface area contributed by atoms with E-state index in [0.29, 0.717) is 30.0 Å². The first kappa shape index (κ1) is 14.5. The van der Waals surface area contributed by atoms with Gasteiger partial charge in [-0.15, -0.1) is 0 Å². The number of amides is 2. The van der Waals surface area contributed by atoms with Crippen LogP contribution in [-0.4, -0.2) is 17.0 Å². The predicted molar refractivity (Wildman–Crippen MR) is 68.5 cm³/mol. The molecule has 0 saturated heterocycles. The van der Waals surface area contributed by atoms with E-state index in [-0.39, 0.29) is 12.3 Å². The maximum Gasteiger partial charge on any atom is 0.243 e. The van der Waals surface area contributed by atoms with Crippen LogP contribution in [0.1, 0.15) is 25.7 Å². The number of hydrogen-bond donors (Lipinski definition) is 3. The zero-order valence-electron chi connectivity index (χ0n) is 9.78. The molecule has 0 aliphatic heterocycles. The van der Waals surface area contributed by atoms with Crippen molar-refractivity contribution in [3.63, 3.8) is 0 Å². The van der Waals surface area contributed by atoms with Gasteiger partial charge in [0.2, 0.25) is 11.8 Å². The number of carbonyl (C=O) groups is 2. The highest BCUT2D eigenvalue weighted by molar-refractivity contribution is 6.30. The molecule has 0 aliphatic rings. The lowest BCUT2D eigenvalue weighted by Crippen LogP contribution is -2.18. The van der Waals surface area contributed by atoms with Crippen LogP contribution in [0.2, 0.25) is 5.02 Å². The molecular weight excluding hydrogens is 256 g/mol. The van der Waals surface area contributed by atoms with Gasteiger partial charge in [0.1, 0.15) is 0 Å². The third-order valence-corrected chi connectivity index (χ3v) is 2.56. The van der Waals surface area contributed by atoms with Gasteiger partial charge in [0.05, 0.1) is 0 Å². The Morgan fingerprint density at radius 1 is 1.06 bits per heavy atom. The van der Waals surface area contributed by atoms with Crippen LogP contribution in [-0.2, 0) is 9.59 Å². The topological polar surface area (TPSA) is 78.4 Å². The van der Waals surface area contributed by atoms with Crippen LogP contribution in [0.4, 0.5) is 5.69 Å². The lowest BCUT2D eigenvalue weighted by Gasteiger charge is -2.05. The number of unbranched alkanes of at least 4 members (excludes halogenated alkanes) is 1. The average molecular weight is 271 g/mol. The molecule has 0 spiro atoms. The number of nitrogens with one attached hydrogen (secondary N) is 2. The van der Waals surface area contributed by atoms with E-state index < -0.39 is 5.91 Å². The van der Waals surface area contributed by atoms with Gasteiger partial charge in [0.15, 0.2) is 0 Å². The van der Waals surface area contributed by atoms with Gasteiger partial charge in [-0.3, -0.25) is 14.8 Å². The summed E-state index contributed by atoms with van der Waals surface area (Å²) in [5.41, 5.74) is 2.24. The van der Waals surface area contributed by atoms with Crippen LogP contribution in [0.25, 0.3) is 0 Å². The summed E-state index contributed by atoms with van der Waals surface area (Å²) in [7, 11) is 0. The van der Waals surface area contributed by atoms with Gasteiger partial charge in [-0.05, 0) is 37.1 Å². The van der Waals surface area contributed by atoms with E-state index in [9.17, 15) is 9.59 Å². The molecule has 0 bridgehead atoms. The van der Waals surface area contributed by atoms with Crippen molar-refractivity contribution < 1.29 is 14.8 Å². The summed E-state index contributed by atoms with van der Waals surface area (Å²) in [6, 6.07) is 6.84.